The molecule has 4 aliphatic rings. The van der Waals surface area contributed by atoms with E-state index in [1.165, 1.54) is 28.3 Å². The highest BCUT2D eigenvalue weighted by atomic mass is 32.2. The van der Waals surface area contributed by atoms with Crippen LogP contribution in [0.15, 0.2) is 72.5 Å². The largest absolute Gasteiger partial charge is 0.744 e. The van der Waals surface area contributed by atoms with E-state index < -0.39 is 15.5 Å². The molecule has 0 spiro atoms. The first-order valence-corrected chi connectivity index (χ1v) is 20.2. The van der Waals surface area contributed by atoms with Crippen molar-refractivity contribution in [3.8, 4) is 0 Å². The van der Waals surface area contributed by atoms with Gasteiger partial charge in [-0.2, -0.15) is 0 Å². The molecular weight excluding hydrogens is 655 g/mol. The SMILES string of the molecule is CCC1=C(CC)C2=NC1=Cc1[nH]c(c(CC)c1CC)C=C1[NH+]=C(C(CC)=C1CC)/C(=C\N(C)C)C1=Nc3c2cc(S(=O)(=O)[O-])cc3C1(CC)CC. The van der Waals surface area contributed by atoms with Crippen LogP contribution >= 0.6 is 0 Å². The molecule has 1 aromatic heterocycles. The molecule has 2 aromatic rings. The standard InChI is InChI=1S/C42H53N5O3S/c1-11-25-26(12-2)35-22-37-28(14-4)30(16-6)39(45-37)32(23-47(9)10)41-42(17-7,18-8)33-20-24(51(48,49)50)19-31(40(33)46-41)38-29(15-5)27(13-3)36(44-38)21-34(25)43-35/h19-23,43H,11-18H2,1-10H3,(H,48,49,50)/b32-23+,36-21?,37-22?. The summed E-state index contributed by atoms with van der Waals surface area (Å²) >= 11 is 0. The molecule has 9 heteroatoms. The highest BCUT2D eigenvalue weighted by Gasteiger charge is 2.48. The number of rotatable bonds is 10. The Morgan fingerprint density at radius 1 is 0.804 bits per heavy atom. The molecule has 0 saturated carbocycles. The van der Waals surface area contributed by atoms with Gasteiger partial charge in [0, 0.05) is 59.9 Å². The Morgan fingerprint density at radius 2 is 1.41 bits per heavy atom. The number of hydrogen-bond acceptors (Lipinski definition) is 6. The summed E-state index contributed by atoms with van der Waals surface area (Å²) in [4.78, 5) is 20.4. The summed E-state index contributed by atoms with van der Waals surface area (Å²) in [6, 6.07) is 3.13. The zero-order valence-corrected chi connectivity index (χ0v) is 32.8. The third-order valence-electron chi connectivity index (χ3n) is 11.4. The van der Waals surface area contributed by atoms with Crippen molar-refractivity contribution < 1.29 is 18.0 Å². The molecule has 270 valence electrons. The van der Waals surface area contributed by atoms with Crippen molar-refractivity contribution in [1.29, 1.82) is 0 Å². The third-order valence-corrected chi connectivity index (χ3v) is 12.2. The van der Waals surface area contributed by atoms with Crippen molar-refractivity contribution in [2.24, 2.45) is 9.98 Å². The Balaban J connectivity index is 1.85. The second-order valence-electron chi connectivity index (χ2n) is 14.1. The zero-order valence-electron chi connectivity index (χ0n) is 32.0. The normalized spacial score (nSPS) is 18.7. The van der Waals surface area contributed by atoms with Crippen molar-refractivity contribution in [3.05, 3.63) is 91.2 Å². The van der Waals surface area contributed by atoms with Gasteiger partial charge in [0.25, 0.3) is 0 Å². The highest BCUT2D eigenvalue weighted by molar-refractivity contribution is 7.85. The van der Waals surface area contributed by atoms with E-state index in [0.717, 1.165) is 88.6 Å². The smallest absolute Gasteiger partial charge is 0.218 e. The maximum absolute atomic E-state index is 12.9. The number of fused-ring (bicyclic) bond motifs is 5. The monoisotopic (exact) mass is 707 g/mol. The highest BCUT2D eigenvalue weighted by Crippen LogP contribution is 2.51. The van der Waals surface area contributed by atoms with Crippen LogP contribution in [0.2, 0.25) is 0 Å². The Morgan fingerprint density at radius 3 is 1.94 bits per heavy atom. The van der Waals surface area contributed by atoms with Gasteiger partial charge >= 0.3 is 0 Å². The fourth-order valence-electron chi connectivity index (χ4n) is 8.92. The summed E-state index contributed by atoms with van der Waals surface area (Å²) in [6.07, 6.45) is 12.8. The summed E-state index contributed by atoms with van der Waals surface area (Å²) in [5.74, 6) is 0. The Kier molecular flexibility index (Phi) is 9.94. The fraction of sp³-hybridized carbons (Fsp3) is 0.452. The molecule has 0 atom stereocenters. The molecule has 1 aromatic carbocycles. The first-order valence-electron chi connectivity index (χ1n) is 18.8. The van der Waals surface area contributed by atoms with E-state index in [9.17, 15) is 13.0 Å². The fourth-order valence-corrected chi connectivity index (χ4v) is 9.45. The van der Waals surface area contributed by atoms with E-state index >= 15 is 0 Å². The molecule has 4 aliphatic heterocycles. The number of H-pyrrole nitrogens is 1. The van der Waals surface area contributed by atoms with Gasteiger partial charge in [-0.05, 0) is 97.4 Å². The lowest BCUT2D eigenvalue weighted by Gasteiger charge is -2.31. The number of allylic oxidation sites excluding steroid dienone is 5. The lowest BCUT2D eigenvalue weighted by atomic mass is 9.69. The van der Waals surface area contributed by atoms with E-state index in [2.05, 4.69) is 88.6 Å². The van der Waals surface area contributed by atoms with Gasteiger partial charge in [0.15, 0.2) is 0 Å². The molecule has 0 saturated heterocycles. The van der Waals surface area contributed by atoms with E-state index in [1.807, 2.05) is 14.1 Å². The number of nitrogens with one attached hydrogen (secondary N) is 2. The molecule has 2 N–H and O–H groups in total. The topological polar surface area (TPSA) is 115 Å². The molecular formula is C42H53N5O3S. The molecule has 51 heavy (non-hydrogen) atoms. The minimum atomic E-state index is -4.80. The molecule has 5 heterocycles. The number of benzene rings is 1. The second-order valence-corrected chi connectivity index (χ2v) is 15.4. The van der Waals surface area contributed by atoms with Gasteiger partial charge in [0.1, 0.15) is 10.1 Å². The summed E-state index contributed by atoms with van der Waals surface area (Å²) in [6.45, 7) is 17.4. The van der Waals surface area contributed by atoms with Crippen molar-refractivity contribution in [3.63, 3.8) is 0 Å². The van der Waals surface area contributed by atoms with Crippen molar-refractivity contribution in [1.82, 2.24) is 9.88 Å². The van der Waals surface area contributed by atoms with Gasteiger partial charge in [-0.25, -0.2) is 18.4 Å². The Bertz CT molecular complexity index is 2180. The summed E-state index contributed by atoms with van der Waals surface area (Å²) in [7, 11) is -0.753. The van der Waals surface area contributed by atoms with Crippen LogP contribution < -0.4 is 4.99 Å². The van der Waals surface area contributed by atoms with Crippen LogP contribution in [0.5, 0.6) is 0 Å². The number of aromatic amines is 1. The van der Waals surface area contributed by atoms with Crippen LogP contribution in [0.3, 0.4) is 0 Å². The maximum Gasteiger partial charge on any atom is 0.218 e. The van der Waals surface area contributed by atoms with Crippen molar-refractivity contribution >= 4 is 45.1 Å². The van der Waals surface area contributed by atoms with Gasteiger partial charge in [-0.15, -0.1) is 0 Å². The number of hydrogen-bond donors (Lipinski definition) is 2. The van der Waals surface area contributed by atoms with Crippen LogP contribution in [0, 0.1) is 0 Å². The summed E-state index contributed by atoms with van der Waals surface area (Å²) < 4.78 is 38.8. The summed E-state index contributed by atoms with van der Waals surface area (Å²) in [5.41, 5.74) is 16.4. The summed E-state index contributed by atoms with van der Waals surface area (Å²) in [5, 5.41) is 0. The third kappa shape index (κ3) is 5.77. The average molecular weight is 708 g/mol. The average Bonchev–Trinajstić information content (AvgIpc) is 3.83. The van der Waals surface area contributed by atoms with Crippen LogP contribution in [-0.2, 0) is 28.4 Å². The van der Waals surface area contributed by atoms with Gasteiger partial charge in [-0.1, -0.05) is 55.4 Å². The first-order chi connectivity index (χ1) is 24.3. The number of aliphatic imine (C=N–C) groups is 2. The van der Waals surface area contributed by atoms with E-state index in [-0.39, 0.29) is 4.90 Å². The molecule has 6 rings (SSSR count). The van der Waals surface area contributed by atoms with Crippen molar-refractivity contribution in [2.75, 3.05) is 14.1 Å². The minimum Gasteiger partial charge on any atom is -0.744 e. The second kappa shape index (κ2) is 13.8. The van der Waals surface area contributed by atoms with Gasteiger partial charge in [-0.3, -0.25) is 4.99 Å². The van der Waals surface area contributed by atoms with E-state index in [0.29, 0.717) is 36.2 Å². The Hall–Kier alpha value is -4.08. The molecule has 8 nitrogen and oxygen atoms in total. The van der Waals surface area contributed by atoms with E-state index in [1.54, 1.807) is 6.07 Å². The van der Waals surface area contributed by atoms with Crippen LogP contribution in [0.4, 0.5) is 5.69 Å². The lowest BCUT2D eigenvalue weighted by molar-refractivity contribution is -0.385. The zero-order chi connectivity index (χ0) is 37.0. The number of nitrogens with zero attached hydrogens (tertiary/aromatic N) is 3. The molecule has 8 bridgehead atoms. The maximum atomic E-state index is 12.9. The van der Waals surface area contributed by atoms with Gasteiger partial charge in [0.2, 0.25) is 11.4 Å². The molecule has 0 fully saturated rings. The van der Waals surface area contributed by atoms with Gasteiger partial charge < -0.3 is 14.4 Å². The molecule has 0 radical (unpaired) electrons. The predicted octanol–water partition coefficient (Wildman–Crippen LogP) is 7.60. The van der Waals surface area contributed by atoms with Crippen LogP contribution in [-0.4, -0.2) is 54.1 Å². The molecule has 0 amide bonds. The molecule has 0 aliphatic carbocycles. The molecule has 0 unspecified atom stereocenters. The number of aromatic nitrogens is 1. The lowest BCUT2D eigenvalue weighted by Crippen LogP contribution is -2.69. The van der Waals surface area contributed by atoms with Crippen LogP contribution in [0.1, 0.15) is 128 Å². The first kappa shape index (κ1) is 36.7. The predicted molar refractivity (Wildman–Crippen MR) is 209 cm³/mol. The van der Waals surface area contributed by atoms with Gasteiger partial charge in [0.05, 0.1) is 33.3 Å². The van der Waals surface area contributed by atoms with E-state index in [4.69, 9.17) is 9.98 Å². The quantitative estimate of drug-likeness (QED) is 0.248. The van der Waals surface area contributed by atoms with Crippen molar-refractivity contribution in [2.45, 2.75) is 117 Å². The Labute approximate surface area is 304 Å². The minimum absolute atomic E-state index is 0.238. The van der Waals surface area contributed by atoms with Crippen LogP contribution in [0.25, 0.3) is 12.2 Å².